The fourth-order valence-electron chi connectivity index (χ4n) is 0.490. The van der Waals surface area contributed by atoms with Crippen LogP contribution in [0.25, 0.3) is 0 Å². The number of rotatable bonds is 3. The summed E-state index contributed by atoms with van der Waals surface area (Å²) in [6.45, 7) is 7.82. The second-order valence-corrected chi connectivity index (χ2v) is 2.80. The Morgan fingerprint density at radius 1 is 1.31 bits per heavy atom. The Kier molecular flexibility index (Phi) is 12.2. The van der Waals surface area contributed by atoms with Gasteiger partial charge in [0.1, 0.15) is 0 Å². The number of nitrogens with two attached hydrogens (primary N) is 1. The molecular weight excluding hydrogens is 168 g/mol. The first-order valence-electron chi connectivity index (χ1n) is 4.52. The second kappa shape index (κ2) is 10.9. The van der Waals surface area contributed by atoms with Gasteiger partial charge < -0.3 is 5.73 Å². The number of primary amides is 1. The molecule has 0 saturated heterocycles. The molecular formula is C9H20N2O2. The molecule has 0 aromatic rings. The molecule has 1 amide bonds. The topological polar surface area (TPSA) is 64.7 Å². The molecule has 4 heteroatoms. The number of oxime groups is 1. The van der Waals surface area contributed by atoms with E-state index in [1.165, 1.54) is 19.3 Å². The highest BCUT2D eigenvalue weighted by atomic mass is 16.7. The van der Waals surface area contributed by atoms with Crippen LogP contribution in [0.2, 0.25) is 0 Å². The van der Waals surface area contributed by atoms with Crippen LogP contribution in [0.15, 0.2) is 5.16 Å². The Morgan fingerprint density at radius 3 is 1.85 bits per heavy atom. The average molecular weight is 188 g/mol. The van der Waals surface area contributed by atoms with Crippen molar-refractivity contribution in [2.45, 2.75) is 47.0 Å². The molecule has 0 aromatic carbocycles. The number of carbonyl (C=O) groups excluding carboxylic acids is 1. The van der Waals surface area contributed by atoms with Crippen LogP contribution in [0.3, 0.4) is 0 Å². The van der Waals surface area contributed by atoms with Crippen molar-refractivity contribution in [2.24, 2.45) is 10.9 Å². The first-order chi connectivity index (χ1) is 6.04. The lowest BCUT2D eigenvalue weighted by Crippen LogP contribution is -2.09. The molecule has 0 aromatic heterocycles. The van der Waals surface area contributed by atoms with E-state index in [1.54, 1.807) is 13.8 Å². The van der Waals surface area contributed by atoms with Gasteiger partial charge in [0.25, 0.3) is 0 Å². The molecule has 0 spiro atoms. The highest BCUT2D eigenvalue weighted by Crippen LogP contribution is 1.88. The zero-order chi connectivity index (χ0) is 10.7. The highest BCUT2D eigenvalue weighted by molar-refractivity contribution is 5.79. The van der Waals surface area contributed by atoms with E-state index in [4.69, 9.17) is 0 Å². The van der Waals surface area contributed by atoms with Crippen LogP contribution in [0.4, 0.5) is 4.79 Å². The molecule has 0 rings (SSSR count). The van der Waals surface area contributed by atoms with Crippen LogP contribution < -0.4 is 5.73 Å². The van der Waals surface area contributed by atoms with Crippen molar-refractivity contribution in [3.8, 4) is 0 Å². The van der Waals surface area contributed by atoms with Crippen molar-refractivity contribution in [1.82, 2.24) is 0 Å². The molecule has 0 saturated carbocycles. The van der Waals surface area contributed by atoms with Gasteiger partial charge in [-0.3, -0.25) is 4.84 Å². The summed E-state index contributed by atoms with van der Waals surface area (Å²) in [5, 5.41) is 3.27. The Balaban J connectivity index is 0. The quantitative estimate of drug-likeness (QED) is 0.420. The van der Waals surface area contributed by atoms with Crippen molar-refractivity contribution < 1.29 is 9.63 Å². The first kappa shape index (κ1) is 14.5. The molecule has 4 nitrogen and oxygen atoms in total. The Bertz CT molecular complexity index is 150. The van der Waals surface area contributed by atoms with Gasteiger partial charge in [-0.2, -0.15) is 0 Å². The molecule has 0 unspecified atom stereocenters. The van der Waals surface area contributed by atoms with Gasteiger partial charge in [0, 0.05) is 0 Å². The largest absolute Gasteiger partial charge is 0.430 e. The summed E-state index contributed by atoms with van der Waals surface area (Å²) in [4.78, 5) is 13.8. The van der Waals surface area contributed by atoms with E-state index in [9.17, 15) is 4.79 Å². The van der Waals surface area contributed by atoms with E-state index in [2.05, 4.69) is 29.6 Å². The summed E-state index contributed by atoms with van der Waals surface area (Å²) in [6, 6.07) is 0. The van der Waals surface area contributed by atoms with Crippen molar-refractivity contribution in [3.05, 3.63) is 0 Å². The van der Waals surface area contributed by atoms with E-state index >= 15 is 0 Å². The predicted molar refractivity (Wildman–Crippen MR) is 54.7 cm³/mol. The molecule has 0 aliphatic carbocycles. The van der Waals surface area contributed by atoms with Crippen LogP contribution in [0, 0.1) is 0 Å². The van der Waals surface area contributed by atoms with Crippen LogP contribution in [-0.4, -0.2) is 11.8 Å². The molecule has 0 heterocycles. The van der Waals surface area contributed by atoms with Crippen molar-refractivity contribution in [3.63, 3.8) is 0 Å². The number of hydrogen-bond acceptors (Lipinski definition) is 3. The lowest BCUT2D eigenvalue weighted by Gasteiger charge is -1.87. The van der Waals surface area contributed by atoms with Crippen LogP contribution in [0.1, 0.15) is 47.0 Å². The van der Waals surface area contributed by atoms with Gasteiger partial charge in [-0.25, -0.2) is 4.79 Å². The van der Waals surface area contributed by atoms with Gasteiger partial charge in [0.05, 0.1) is 5.71 Å². The monoisotopic (exact) mass is 188 g/mol. The molecule has 0 radical (unpaired) electrons. The van der Waals surface area contributed by atoms with Gasteiger partial charge in [0.2, 0.25) is 0 Å². The fraction of sp³-hybridized carbons (Fsp3) is 0.778. The molecule has 2 N–H and O–H groups in total. The highest BCUT2D eigenvalue weighted by Gasteiger charge is 1.86. The van der Waals surface area contributed by atoms with Crippen LogP contribution in [-0.2, 0) is 4.84 Å². The first-order valence-corrected chi connectivity index (χ1v) is 4.52. The minimum Gasteiger partial charge on any atom is -0.333 e. The minimum atomic E-state index is -0.883. The van der Waals surface area contributed by atoms with E-state index in [-0.39, 0.29) is 0 Å². The van der Waals surface area contributed by atoms with Crippen molar-refractivity contribution in [1.29, 1.82) is 0 Å². The fourth-order valence-corrected chi connectivity index (χ4v) is 0.490. The molecule has 13 heavy (non-hydrogen) atoms. The molecule has 0 bridgehead atoms. The van der Waals surface area contributed by atoms with Crippen LogP contribution in [0.5, 0.6) is 0 Å². The summed E-state index contributed by atoms with van der Waals surface area (Å²) < 4.78 is 0. The third-order valence-corrected chi connectivity index (χ3v) is 1.03. The Hall–Kier alpha value is -1.06. The van der Waals surface area contributed by atoms with Gasteiger partial charge in [-0.05, 0) is 13.8 Å². The van der Waals surface area contributed by atoms with Crippen LogP contribution >= 0.6 is 0 Å². The number of nitrogens with zero attached hydrogens (tertiary/aromatic N) is 1. The lowest BCUT2D eigenvalue weighted by atomic mass is 10.3. The smallest absolute Gasteiger partial charge is 0.333 e. The van der Waals surface area contributed by atoms with E-state index < -0.39 is 6.09 Å². The van der Waals surface area contributed by atoms with Gasteiger partial charge in [-0.15, -0.1) is 0 Å². The molecule has 0 aliphatic heterocycles. The summed E-state index contributed by atoms with van der Waals surface area (Å²) in [7, 11) is 0. The SMILES string of the molecule is CC(C)=NOC(N)=O.CCCCC. The van der Waals surface area contributed by atoms with Gasteiger partial charge >= 0.3 is 6.09 Å². The number of hydrogen-bond donors (Lipinski definition) is 1. The number of amides is 1. The summed E-state index contributed by atoms with van der Waals surface area (Å²) in [6.07, 6.45) is 3.19. The van der Waals surface area contributed by atoms with Crippen molar-refractivity contribution in [2.75, 3.05) is 0 Å². The molecule has 0 atom stereocenters. The maximum absolute atomic E-state index is 9.80. The predicted octanol–water partition coefficient (Wildman–Crippen LogP) is 2.67. The average Bonchev–Trinajstić information content (AvgIpc) is 2.03. The normalized spacial score (nSPS) is 8.00. The molecule has 0 fully saturated rings. The minimum absolute atomic E-state index is 0.656. The summed E-state index contributed by atoms with van der Waals surface area (Å²) >= 11 is 0. The van der Waals surface area contributed by atoms with Gasteiger partial charge in [0.15, 0.2) is 0 Å². The maximum atomic E-state index is 9.80. The van der Waals surface area contributed by atoms with E-state index in [0.717, 1.165) is 0 Å². The molecule has 78 valence electrons. The Labute approximate surface area is 80.1 Å². The summed E-state index contributed by atoms with van der Waals surface area (Å²) in [5.74, 6) is 0. The summed E-state index contributed by atoms with van der Waals surface area (Å²) in [5.41, 5.74) is 5.23. The second-order valence-electron chi connectivity index (χ2n) is 2.80. The standard InChI is InChI=1S/C5H12.C4H8N2O2/c1-3-5-4-2;1-3(2)6-8-4(5)7/h3-5H2,1-2H3;1-2H3,(H2,5,7). The Morgan fingerprint density at radius 2 is 1.77 bits per heavy atom. The van der Waals surface area contributed by atoms with Crippen molar-refractivity contribution >= 4 is 11.8 Å². The third kappa shape index (κ3) is 24.8. The number of carbonyl (C=O) groups is 1. The van der Waals surface area contributed by atoms with Gasteiger partial charge in [-0.1, -0.05) is 38.3 Å². The zero-order valence-electron chi connectivity index (χ0n) is 8.96. The molecule has 0 aliphatic rings. The lowest BCUT2D eigenvalue weighted by molar-refractivity contribution is 0.161. The van der Waals surface area contributed by atoms with E-state index in [1.807, 2.05) is 0 Å². The zero-order valence-corrected chi connectivity index (χ0v) is 8.96. The maximum Gasteiger partial charge on any atom is 0.430 e. The third-order valence-electron chi connectivity index (χ3n) is 1.03. The van der Waals surface area contributed by atoms with E-state index in [0.29, 0.717) is 5.71 Å². The number of unbranched alkanes of at least 4 members (excludes halogenated alkanes) is 2.